The Kier molecular flexibility index (Phi) is 5.90. The number of nitrogens with zero attached hydrogens (tertiary/aromatic N) is 1. The lowest BCUT2D eigenvalue weighted by Crippen LogP contribution is -2.33. The van der Waals surface area contributed by atoms with Crippen molar-refractivity contribution in [3.63, 3.8) is 0 Å². The van der Waals surface area contributed by atoms with Crippen molar-refractivity contribution in [2.24, 2.45) is 4.99 Å². The van der Waals surface area contributed by atoms with E-state index in [1.807, 2.05) is 54.6 Å². The highest BCUT2D eigenvalue weighted by Crippen LogP contribution is 2.36. The minimum absolute atomic E-state index is 0.128. The second-order valence-electron chi connectivity index (χ2n) is 6.88. The van der Waals surface area contributed by atoms with Crippen LogP contribution in [0.2, 0.25) is 5.02 Å². The standard InChI is InChI=1S/C23H20BrClN2O2/c1-29-18-9-4-14(5-10-18)20-13-21(19-12-17(25)8-11-22(19)28)27-23(26-20)15-2-6-16(24)7-3-15/h2-12,21,23,27-28H,13H2,1H3. The lowest BCUT2D eigenvalue weighted by Gasteiger charge is -2.31. The molecule has 3 aromatic carbocycles. The minimum Gasteiger partial charge on any atom is -0.508 e. The molecule has 6 heteroatoms. The fraction of sp³-hybridized carbons (Fsp3) is 0.174. The van der Waals surface area contributed by atoms with E-state index >= 15 is 0 Å². The first kappa shape index (κ1) is 20.0. The maximum atomic E-state index is 10.4. The monoisotopic (exact) mass is 470 g/mol. The Morgan fingerprint density at radius 2 is 1.79 bits per heavy atom. The summed E-state index contributed by atoms with van der Waals surface area (Å²) >= 11 is 9.69. The van der Waals surface area contributed by atoms with Gasteiger partial charge >= 0.3 is 0 Å². The number of halogens is 2. The van der Waals surface area contributed by atoms with Gasteiger partial charge in [-0.2, -0.15) is 0 Å². The molecule has 0 aromatic heterocycles. The summed E-state index contributed by atoms with van der Waals surface area (Å²) in [5.74, 6) is 1.02. The highest BCUT2D eigenvalue weighted by molar-refractivity contribution is 9.10. The van der Waals surface area contributed by atoms with E-state index in [9.17, 15) is 5.11 Å². The molecule has 0 radical (unpaired) electrons. The fourth-order valence-electron chi connectivity index (χ4n) is 3.48. The summed E-state index contributed by atoms with van der Waals surface area (Å²) in [5, 5.41) is 14.6. The van der Waals surface area contributed by atoms with Crippen molar-refractivity contribution in [1.82, 2.24) is 5.32 Å². The van der Waals surface area contributed by atoms with E-state index in [1.54, 1.807) is 19.2 Å². The molecule has 0 amide bonds. The molecule has 148 valence electrons. The second-order valence-corrected chi connectivity index (χ2v) is 8.24. The molecule has 0 aliphatic carbocycles. The van der Waals surface area contributed by atoms with Crippen molar-refractivity contribution in [3.05, 3.63) is 92.9 Å². The number of phenolic OH excluding ortho intramolecular Hbond substituents is 1. The summed E-state index contributed by atoms with van der Waals surface area (Å²) in [4.78, 5) is 4.97. The van der Waals surface area contributed by atoms with Crippen molar-refractivity contribution in [2.75, 3.05) is 7.11 Å². The average molecular weight is 472 g/mol. The molecule has 1 aliphatic rings. The first-order valence-electron chi connectivity index (χ1n) is 9.24. The molecule has 4 nitrogen and oxygen atoms in total. The van der Waals surface area contributed by atoms with E-state index in [-0.39, 0.29) is 18.0 Å². The number of ether oxygens (including phenoxy) is 1. The Labute approximate surface area is 183 Å². The summed E-state index contributed by atoms with van der Waals surface area (Å²) in [6.07, 6.45) is 0.394. The first-order valence-corrected chi connectivity index (χ1v) is 10.4. The molecule has 1 aliphatic heterocycles. The quantitative estimate of drug-likeness (QED) is 0.488. The van der Waals surface area contributed by atoms with E-state index in [4.69, 9.17) is 21.3 Å². The van der Waals surface area contributed by atoms with Crippen LogP contribution >= 0.6 is 27.5 Å². The third kappa shape index (κ3) is 4.47. The number of aliphatic imine (C=N–C) groups is 1. The van der Waals surface area contributed by atoms with E-state index in [0.717, 1.165) is 32.6 Å². The molecule has 3 aromatic rings. The van der Waals surface area contributed by atoms with Gasteiger partial charge in [0.1, 0.15) is 17.7 Å². The molecule has 1 heterocycles. The van der Waals surface area contributed by atoms with Gasteiger partial charge < -0.3 is 9.84 Å². The van der Waals surface area contributed by atoms with Crippen LogP contribution in [0.5, 0.6) is 11.5 Å². The maximum Gasteiger partial charge on any atom is 0.126 e. The second kappa shape index (κ2) is 8.57. The summed E-state index contributed by atoms with van der Waals surface area (Å²) in [6, 6.07) is 21.0. The van der Waals surface area contributed by atoms with Crippen LogP contribution in [0.4, 0.5) is 0 Å². The van der Waals surface area contributed by atoms with Crippen molar-refractivity contribution in [2.45, 2.75) is 18.6 Å². The molecule has 2 atom stereocenters. The summed E-state index contributed by atoms with van der Waals surface area (Å²) in [7, 11) is 1.65. The Morgan fingerprint density at radius 3 is 2.48 bits per heavy atom. The SMILES string of the molecule is COc1ccc(C2=NC(c3ccc(Br)cc3)NC(c3cc(Cl)ccc3O)C2)cc1. The number of hydrogen-bond donors (Lipinski definition) is 2. The van der Waals surface area contributed by atoms with Crippen LogP contribution < -0.4 is 10.1 Å². The van der Waals surface area contributed by atoms with Gasteiger partial charge in [-0.3, -0.25) is 10.3 Å². The smallest absolute Gasteiger partial charge is 0.126 e. The van der Waals surface area contributed by atoms with Gasteiger partial charge in [-0.15, -0.1) is 0 Å². The number of benzene rings is 3. The van der Waals surface area contributed by atoms with Gasteiger partial charge in [0.15, 0.2) is 0 Å². The van der Waals surface area contributed by atoms with Gasteiger partial charge in [-0.25, -0.2) is 0 Å². The number of rotatable bonds is 4. The Balaban J connectivity index is 1.75. The first-order chi connectivity index (χ1) is 14.0. The molecule has 0 spiro atoms. The summed E-state index contributed by atoms with van der Waals surface area (Å²) in [5.41, 5.74) is 3.80. The van der Waals surface area contributed by atoms with Gasteiger partial charge in [0.25, 0.3) is 0 Å². The maximum absolute atomic E-state index is 10.4. The van der Waals surface area contributed by atoms with Gasteiger partial charge in [0.2, 0.25) is 0 Å². The number of aromatic hydroxyl groups is 1. The summed E-state index contributed by atoms with van der Waals surface area (Å²) in [6.45, 7) is 0. The van der Waals surface area contributed by atoms with E-state index in [0.29, 0.717) is 11.4 Å². The molecular formula is C23H20BrClN2O2. The van der Waals surface area contributed by atoms with Crippen LogP contribution in [0.25, 0.3) is 0 Å². The van der Waals surface area contributed by atoms with Crippen LogP contribution in [0.3, 0.4) is 0 Å². The third-order valence-electron chi connectivity index (χ3n) is 5.02. The van der Waals surface area contributed by atoms with Crippen LogP contribution in [-0.2, 0) is 0 Å². The van der Waals surface area contributed by atoms with Crippen LogP contribution in [0.1, 0.15) is 35.3 Å². The number of nitrogens with one attached hydrogen (secondary N) is 1. The van der Waals surface area contributed by atoms with Crippen molar-refractivity contribution < 1.29 is 9.84 Å². The van der Waals surface area contributed by atoms with Crippen LogP contribution in [-0.4, -0.2) is 17.9 Å². The molecule has 2 N–H and O–H groups in total. The predicted molar refractivity (Wildman–Crippen MR) is 120 cm³/mol. The molecule has 29 heavy (non-hydrogen) atoms. The lowest BCUT2D eigenvalue weighted by molar-refractivity contribution is 0.412. The summed E-state index contributed by atoms with van der Waals surface area (Å²) < 4.78 is 6.29. The largest absolute Gasteiger partial charge is 0.508 e. The van der Waals surface area contributed by atoms with Gasteiger partial charge in [0.05, 0.1) is 7.11 Å². The average Bonchev–Trinajstić information content (AvgIpc) is 2.75. The topological polar surface area (TPSA) is 53.8 Å². The number of hydrogen-bond acceptors (Lipinski definition) is 4. The zero-order valence-electron chi connectivity index (χ0n) is 15.8. The van der Waals surface area contributed by atoms with Crippen molar-refractivity contribution in [3.8, 4) is 11.5 Å². The molecule has 0 saturated carbocycles. The van der Waals surface area contributed by atoms with Crippen LogP contribution in [0, 0.1) is 0 Å². The van der Waals surface area contributed by atoms with Crippen LogP contribution in [0.15, 0.2) is 76.2 Å². The number of methoxy groups -OCH3 is 1. The van der Waals surface area contributed by atoms with Crippen molar-refractivity contribution in [1.29, 1.82) is 0 Å². The van der Waals surface area contributed by atoms with E-state index < -0.39 is 0 Å². The van der Waals surface area contributed by atoms with E-state index in [1.165, 1.54) is 0 Å². The molecule has 2 unspecified atom stereocenters. The normalized spacial score (nSPS) is 18.9. The Hall–Kier alpha value is -2.34. The predicted octanol–water partition coefficient (Wildman–Crippen LogP) is 6.04. The highest BCUT2D eigenvalue weighted by Gasteiger charge is 2.27. The fourth-order valence-corrected chi connectivity index (χ4v) is 3.93. The van der Waals surface area contributed by atoms with Gasteiger partial charge in [0, 0.05) is 33.2 Å². The zero-order chi connectivity index (χ0) is 20.4. The minimum atomic E-state index is -0.239. The lowest BCUT2D eigenvalue weighted by atomic mass is 9.93. The third-order valence-corrected chi connectivity index (χ3v) is 5.78. The van der Waals surface area contributed by atoms with E-state index in [2.05, 4.69) is 21.2 Å². The number of phenols is 1. The van der Waals surface area contributed by atoms with Crippen molar-refractivity contribution >= 4 is 33.2 Å². The highest BCUT2D eigenvalue weighted by atomic mass is 79.9. The molecule has 4 rings (SSSR count). The molecule has 0 fully saturated rings. The Bertz CT molecular complexity index is 1040. The van der Waals surface area contributed by atoms with Gasteiger partial charge in [-0.05, 0) is 65.7 Å². The molecule has 0 bridgehead atoms. The molecule has 0 saturated heterocycles. The van der Waals surface area contributed by atoms with Gasteiger partial charge in [-0.1, -0.05) is 39.7 Å². The molecular weight excluding hydrogens is 452 g/mol. The Morgan fingerprint density at radius 1 is 1.07 bits per heavy atom. The zero-order valence-corrected chi connectivity index (χ0v) is 18.1.